The summed E-state index contributed by atoms with van der Waals surface area (Å²) in [5.74, 6) is 2.03. The lowest BCUT2D eigenvalue weighted by Gasteiger charge is -2.37. The summed E-state index contributed by atoms with van der Waals surface area (Å²) in [6.45, 7) is 3.61. The van der Waals surface area contributed by atoms with Gasteiger partial charge in [-0.3, -0.25) is 0 Å². The molecule has 1 N–H and O–H groups in total. The zero-order chi connectivity index (χ0) is 10.7. The van der Waals surface area contributed by atoms with Crippen molar-refractivity contribution in [2.24, 2.45) is 17.3 Å². The topological polar surface area (TPSA) is 12.0 Å². The van der Waals surface area contributed by atoms with Crippen LogP contribution in [0.3, 0.4) is 0 Å². The van der Waals surface area contributed by atoms with Crippen LogP contribution in [0.5, 0.6) is 0 Å². The maximum atomic E-state index is 3.35. The average Bonchev–Trinajstić information content (AvgIpc) is 2.64. The molecular weight excluding hydrogens is 182 g/mol. The summed E-state index contributed by atoms with van der Waals surface area (Å²) in [6, 6.07) is 0. The van der Waals surface area contributed by atoms with Gasteiger partial charge in [-0.15, -0.1) is 0 Å². The molecule has 2 fully saturated rings. The number of hydrogen-bond donors (Lipinski definition) is 1. The Morgan fingerprint density at radius 2 is 1.67 bits per heavy atom. The maximum Gasteiger partial charge on any atom is -0.00233 e. The van der Waals surface area contributed by atoms with Gasteiger partial charge in [0.25, 0.3) is 0 Å². The van der Waals surface area contributed by atoms with Gasteiger partial charge >= 0.3 is 0 Å². The Morgan fingerprint density at radius 3 is 2.20 bits per heavy atom. The third-order valence-electron chi connectivity index (χ3n) is 5.04. The van der Waals surface area contributed by atoms with E-state index < -0.39 is 0 Å². The lowest BCUT2D eigenvalue weighted by molar-refractivity contribution is 0.147. The van der Waals surface area contributed by atoms with Crippen molar-refractivity contribution in [3.05, 3.63) is 0 Å². The third-order valence-corrected chi connectivity index (χ3v) is 5.04. The van der Waals surface area contributed by atoms with Gasteiger partial charge < -0.3 is 5.32 Å². The fourth-order valence-corrected chi connectivity index (χ4v) is 3.94. The van der Waals surface area contributed by atoms with E-state index in [1.807, 2.05) is 0 Å². The fourth-order valence-electron chi connectivity index (χ4n) is 3.94. The van der Waals surface area contributed by atoms with Crippen molar-refractivity contribution in [1.29, 1.82) is 0 Å². The molecule has 0 aromatic heterocycles. The zero-order valence-electron chi connectivity index (χ0n) is 10.5. The van der Waals surface area contributed by atoms with Crippen molar-refractivity contribution in [2.75, 3.05) is 13.6 Å². The first kappa shape index (κ1) is 11.4. The first-order chi connectivity index (χ1) is 7.28. The van der Waals surface area contributed by atoms with Crippen molar-refractivity contribution in [3.63, 3.8) is 0 Å². The standard InChI is InChI=1S/C14H27N/c1-3-12-4-7-14(8-5-12)9-6-13(10-14)11-15-2/h12-13,15H,3-11H2,1-2H3. The van der Waals surface area contributed by atoms with E-state index in [0.29, 0.717) is 0 Å². The predicted molar refractivity (Wildman–Crippen MR) is 65.9 cm³/mol. The highest BCUT2D eigenvalue weighted by Crippen LogP contribution is 2.52. The molecule has 0 saturated heterocycles. The van der Waals surface area contributed by atoms with Gasteiger partial charge in [0.2, 0.25) is 0 Å². The number of rotatable bonds is 3. The highest BCUT2D eigenvalue weighted by molar-refractivity contribution is 4.92. The zero-order valence-corrected chi connectivity index (χ0v) is 10.5. The minimum Gasteiger partial charge on any atom is -0.319 e. The molecule has 1 nitrogen and oxygen atoms in total. The van der Waals surface area contributed by atoms with Crippen molar-refractivity contribution in [1.82, 2.24) is 5.32 Å². The molecule has 1 unspecified atom stereocenters. The molecule has 0 aromatic rings. The van der Waals surface area contributed by atoms with Crippen molar-refractivity contribution < 1.29 is 0 Å². The van der Waals surface area contributed by atoms with Gasteiger partial charge in [-0.05, 0) is 75.8 Å². The molecule has 2 aliphatic rings. The Labute approximate surface area is 95.0 Å². The second-order valence-electron chi connectivity index (χ2n) is 6.02. The van der Waals surface area contributed by atoms with E-state index in [1.165, 1.54) is 57.9 Å². The second-order valence-corrected chi connectivity index (χ2v) is 6.02. The van der Waals surface area contributed by atoms with Gasteiger partial charge in [0, 0.05) is 0 Å². The first-order valence-corrected chi connectivity index (χ1v) is 6.92. The monoisotopic (exact) mass is 209 g/mol. The smallest absolute Gasteiger partial charge is 0.00233 e. The summed E-state index contributed by atoms with van der Waals surface area (Å²) in [4.78, 5) is 0. The van der Waals surface area contributed by atoms with Crippen molar-refractivity contribution >= 4 is 0 Å². The minimum atomic E-state index is 0.785. The number of hydrogen-bond acceptors (Lipinski definition) is 1. The predicted octanol–water partition coefficient (Wildman–Crippen LogP) is 3.59. The summed E-state index contributed by atoms with van der Waals surface area (Å²) in [6.07, 6.45) is 12.0. The van der Waals surface area contributed by atoms with E-state index in [-0.39, 0.29) is 0 Å². The molecule has 0 heterocycles. The molecule has 2 rings (SSSR count). The highest BCUT2D eigenvalue weighted by Gasteiger charge is 2.40. The van der Waals surface area contributed by atoms with E-state index in [9.17, 15) is 0 Å². The van der Waals surface area contributed by atoms with Gasteiger partial charge in [-0.2, -0.15) is 0 Å². The Bertz CT molecular complexity index is 192. The van der Waals surface area contributed by atoms with Crippen molar-refractivity contribution in [3.8, 4) is 0 Å². The normalized spacial score (nSPS) is 41.2. The summed E-state index contributed by atoms with van der Waals surface area (Å²) < 4.78 is 0. The van der Waals surface area contributed by atoms with E-state index in [2.05, 4.69) is 19.3 Å². The lowest BCUT2D eigenvalue weighted by Crippen LogP contribution is -2.26. The highest BCUT2D eigenvalue weighted by atomic mass is 14.8. The van der Waals surface area contributed by atoms with Crippen LogP contribution in [0.25, 0.3) is 0 Å². The second kappa shape index (κ2) is 4.86. The maximum absolute atomic E-state index is 3.35. The van der Waals surface area contributed by atoms with E-state index >= 15 is 0 Å². The van der Waals surface area contributed by atoms with Crippen LogP contribution in [0.15, 0.2) is 0 Å². The van der Waals surface area contributed by atoms with Crippen LogP contribution in [0.4, 0.5) is 0 Å². The van der Waals surface area contributed by atoms with Gasteiger partial charge in [0.1, 0.15) is 0 Å². The molecule has 1 atom stereocenters. The molecule has 2 aliphatic carbocycles. The van der Waals surface area contributed by atoms with E-state index in [1.54, 1.807) is 0 Å². The molecule has 1 heteroatoms. The molecule has 88 valence electrons. The van der Waals surface area contributed by atoms with E-state index in [4.69, 9.17) is 0 Å². The molecule has 0 aliphatic heterocycles. The molecule has 2 saturated carbocycles. The third kappa shape index (κ3) is 2.55. The van der Waals surface area contributed by atoms with Crippen LogP contribution in [-0.4, -0.2) is 13.6 Å². The van der Waals surface area contributed by atoms with Crippen LogP contribution in [0, 0.1) is 17.3 Å². The van der Waals surface area contributed by atoms with Crippen LogP contribution >= 0.6 is 0 Å². The molecule has 0 radical (unpaired) electrons. The van der Waals surface area contributed by atoms with Gasteiger partial charge in [0.05, 0.1) is 0 Å². The summed E-state index contributed by atoms with van der Waals surface area (Å²) in [5.41, 5.74) is 0.785. The Morgan fingerprint density at radius 1 is 1.07 bits per heavy atom. The van der Waals surface area contributed by atoms with Crippen LogP contribution in [-0.2, 0) is 0 Å². The summed E-state index contributed by atoms with van der Waals surface area (Å²) in [7, 11) is 2.10. The molecule has 15 heavy (non-hydrogen) atoms. The van der Waals surface area contributed by atoms with Crippen LogP contribution < -0.4 is 5.32 Å². The number of nitrogens with one attached hydrogen (secondary N) is 1. The minimum absolute atomic E-state index is 0.785. The lowest BCUT2D eigenvalue weighted by atomic mass is 9.68. The largest absolute Gasteiger partial charge is 0.319 e. The van der Waals surface area contributed by atoms with Gasteiger partial charge in [0.15, 0.2) is 0 Å². The Kier molecular flexibility index (Phi) is 3.71. The molecule has 0 amide bonds. The Hall–Kier alpha value is -0.0400. The fraction of sp³-hybridized carbons (Fsp3) is 1.00. The molecule has 0 aromatic carbocycles. The quantitative estimate of drug-likeness (QED) is 0.749. The SMILES string of the molecule is CCC1CCC2(CC1)CCC(CNC)C2. The van der Waals surface area contributed by atoms with Gasteiger partial charge in [-0.25, -0.2) is 0 Å². The Balaban J connectivity index is 1.83. The average molecular weight is 209 g/mol. The van der Waals surface area contributed by atoms with Crippen LogP contribution in [0.1, 0.15) is 58.3 Å². The molecular formula is C14H27N. The van der Waals surface area contributed by atoms with Crippen molar-refractivity contribution in [2.45, 2.75) is 58.3 Å². The summed E-state index contributed by atoms with van der Waals surface area (Å²) >= 11 is 0. The van der Waals surface area contributed by atoms with E-state index in [0.717, 1.165) is 17.3 Å². The van der Waals surface area contributed by atoms with Crippen LogP contribution in [0.2, 0.25) is 0 Å². The molecule has 1 spiro atoms. The first-order valence-electron chi connectivity index (χ1n) is 6.92. The molecule has 0 bridgehead atoms. The summed E-state index contributed by atoms with van der Waals surface area (Å²) in [5, 5.41) is 3.35. The van der Waals surface area contributed by atoms with Gasteiger partial charge in [-0.1, -0.05) is 13.3 Å².